The Kier molecular flexibility index (Phi) is 8.75. The molecule has 0 saturated carbocycles. The lowest BCUT2D eigenvalue weighted by atomic mass is 10.0. The third-order valence-corrected chi connectivity index (χ3v) is 7.22. The average molecular weight is 443 g/mol. The molecular formula is C20H31FN4O4S. The predicted octanol–water partition coefficient (Wildman–Crippen LogP) is 0.861. The largest absolute Gasteiger partial charge is 0.348 e. The molecule has 0 bridgehead atoms. The van der Waals surface area contributed by atoms with E-state index >= 15 is 0 Å². The molecule has 0 radical (unpaired) electrons. The Balaban J connectivity index is 1.96. The van der Waals surface area contributed by atoms with E-state index in [0.29, 0.717) is 38.0 Å². The Morgan fingerprint density at radius 1 is 1.17 bits per heavy atom. The van der Waals surface area contributed by atoms with Crippen molar-refractivity contribution >= 4 is 21.8 Å². The molecule has 1 atom stereocenters. The monoisotopic (exact) mass is 442 g/mol. The molecule has 2 N–H and O–H groups in total. The molecule has 1 aliphatic heterocycles. The van der Waals surface area contributed by atoms with Gasteiger partial charge in [0, 0.05) is 32.2 Å². The Morgan fingerprint density at radius 3 is 2.47 bits per heavy atom. The van der Waals surface area contributed by atoms with Gasteiger partial charge in [0.05, 0.1) is 4.90 Å². The molecule has 1 fully saturated rings. The number of sulfonamides is 1. The molecule has 1 aliphatic rings. The quantitative estimate of drug-likeness (QED) is 0.582. The molecule has 10 heteroatoms. The van der Waals surface area contributed by atoms with Gasteiger partial charge in [-0.3, -0.25) is 9.59 Å². The van der Waals surface area contributed by atoms with Crippen molar-refractivity contribution in [3.8, 4) is 0 Å². The first kappa shape index (κ1) is 24.2. The summed E-state index contributed by atoms with van der Waals surface area (Å²) in [6, 6.07) is 3.37. The highest BCUT2D eigenvalue weighted by atomic mass is 32.2. The molecule has 1 aromatic rings. The van der Waals surface area contributed by atoms with E-state index in [4.69, 9.17) is 0 Å². The molecular weight excluding hydrogens is 411 g/mol. The van der Waals surface area contributed by atoms with Crippen molar-refractivity contribution in [2.45, 2.75) is 43.5 Å². The minimum absolute atomic E-state index is 0.0973. The summed E-state index contributed by atoms with van der Waals surface area (Å²) in [7, 11) is -0.0463. The number of benzene rings is 1. The zero-order valence-corrected chi connectivity index (χ0v) is 18.6. The van der Waals surface area contributed by atoms with Crippen LogP contribution in [0.4, 0.5) is 4.39 Å². The second-order valence-corrected chi connectivity index (χ2v) is 9.64. The minimum Gasteiger partial charge on any atom is -0.348 e. The Labute approximate surface area is 177 Å². The molecule has 1 aromatic carbocycles. The van der Waals surface area contributed by atoms with E-state index < -0.39 is 27.7 Å². The minimum atomic E-state index is -3.78. The van der Waals surface area contributed by atoms with Gasteiger partial charge in [-0.15, -0.1) is 0 Å². The zero-order chi connectivity index (χ0) is 22.3. The fourth-order valence-electron chi connectivity index (χ4n) is 3.51. The summed E-state index contributed by atoms with van der Waals surface area (Å²) < 4.78 is 41.2. The lowest BCUT2D eigenvalue weighted by Gasteiger charge is -2.35. The number of hydrogen-bond donors (Lipinski definition) is 2. The van der Waals surface area contributed by atoms with Gasteiger partial charge >= 0.3 is 11.8 Å². The van der Waals surface area contributed by atoms with Crippen molar-refractivity contribution in [2.75, 3.05) is 40.3 Å². The topological polar surface area (TPSA) is 98.8 Å². The molecule has 1 unspecified atom stereocenters. The zero-order valence-electron chi connectivity index (χ0n) is 17.8. The van der Waals surface area contributed by atoms with Gasteiger partial charge in [-0.05, 0) is 64.0 Å². The highest BCUT2D eigenvalue weighted by molar-refractivity contribution is 7.89. The van der Waals surface area contributed by atoms with Gasteiger partial charge in [-0.25, -0.2) is 12.8 Å². The van der Waals surface area contributed by atoms with Crippen LogP contribution in [0.2, 0.25) is 0 Å². The number of aryl methyl sites for hydroxylation is 1. The standard InChI is InChI=1S/C20H31FN4O4S/c1-15-14-16(21)7-8-18(15)30(28,29)25-12-5-4-6-17(25)9-10-22-19(26)20(27)23-11-13-24(2)3/h7-8,14,17H,4-6,9-13H2,1-3H3,(H,22,26)(H,23,27). The fraction of sp³-hybridized carbons (Fsp3) is 0.600. The van der Waals surface area contributed by atoms with Gasteiger partial charge in [0.2, 0.25) is 10.0 Å². The Bertz CT molecular complexity index is 860. The van der Waals surface area contributed by atoms with Crippen LogP contribution in [-0.2, 0) is 19.6 Å². The number of hydrogen-bond acceptors (Lipinski definition) is 5. The van der Waals surface area contributed by atoms with E-state index in [-0.39, 0.29) is 17.5 Å². The number of likely N-dealkylation sites (N-methyl/N-ethyl adjacent to an activating group) is 1. The van der Waals surface area contributed by atoms with Crippen LogP contribution in [0.1, 0.15) is 31.2 Å². The van der Waals surface area contributed by atoms with E-state index in [0.717, 1.165) is 18.9 Å². The number of piperidine rings is 1. The van der Waals surface area contributed by atoms with Gasteiger partial charge in [-0.1, -0.05) is 6.42 Å². The van der Waals surface area contributed by atoms with Crippen LogP contribution in [-0.4, -0.2) is 75.8 Å². The summed E-state index contributed by atoms with van der Waals surface area (Å²) in [5.74, 6) is -1.91. The van der Waals surface area contributed by atoms with Gasteiger partial charge in [0.25, 0.3) is 0 Å². The van der Waals surface area contributed by atoms with Crippen molar-refractivity contribution in [3.05, 3.63) is 29.6 Å². The maximum Gasteiger partial charge on any atom is 0.309 e. The summed E-state index contributed by atoms with van der Waals surface area (Å²) in [5.41, 5.74) is 0.363. The van der Waals surface area contributed by atoms with E-state index in [2.05, 4.69) is 10.6 Å². The molecule has 0 spiro atoms. The normalized spacial score (nSPS) is 17.7. The maximum atomic E-state index is 13.4. The summed E-state index contributed by atoms with van der Waals surface area (Å²) in [6.45, 7) is 3.13. The average Bonchev–Trinajstić information content (AvgIpc) is 2.67. The Morgan fingerprint density at radius 2 is 1.83 bits per heavy atom. The van der Waals surface area contributed by atoms with E-state index in [1.807, 2.05) is 19.0 Å². The third kappa shape index (κ3) is 6.48. The van der Waals surface area contributed by atoms with Crippen LogP contribution >= 0.6 is 0 Å². The fourth-order valence-corrected chi connectivity index (χ4v) is 5.44. The second kappa shape index (κ2) is 10.8. The number of halogens is 1. The van der Waals surface area contributed by atoms with Crippen LogP contribution in [0.5, 0.6) is 0 Å². The lowest BCUT2D eigenvalue weighted by molar-refractivity contribution is -0.139. The molecule has 0 aromatic heterocycles. The number of nitrogens with zero attached hydrogens (tertiary/aromatic N) is 2. The van der Waals surface area contributed by atoms with Gasteiger partial charge in [-0.2, -0.15) is 4.31 Å². The number of rotatable bonds is 8. The summed E-state index contributed by atoms with van der Waals surface area (Å²) in [6.07, 6.45) is 2.70. The van der Waals surface area contributed by atoms with E-state index in [9.17, 15) is 22.4 Å². The maximum absolute atomic E-state index is 13.4. The van der Waals surface area contributed by atoms with Crippen LogP contribution in [0.15, 0.2) is 23.1 Å². The number of nitrogens with one attached hydrogen (secondary N) is 2. The van der Waals surface area contributed by atoms with Gasteiger partial charge in [0.1, 0.15) is 5.82 Å². The highest BCUT2D eigenvalue weighted by Gasteiger charge is 2.34. The van der Waals surface area contributed by atoms with Crippen LogP contribution in [0, 0.1) is 12.7 Å². The molecule has 2 rings (SSSR count). The van der Waals surface area contributed by atoms with Crippen molar-refractivity contribution in [3.63, 3.8) is 0 Å². The predicted molar refractivity (Wildman–Crippen MR) is 112 cm³/mol. The molecule has 1 heterocycles. The highest BCUT2D eigenvalue weighted by Crippen LogP contribution is 2.28. The van der Waals surface area contributed by atoms with Crippen LogP contribution in [0.3, 0.4) is 0 Å². The molecule has 8 nitrogen and oxygen atoms in total. The summed E-state index contributed by atoms with van der Waals surface area (Å²) in [5, 5.41) is 5.10. The first-order valence-electron chi connectivity index (χ1n) is 10.1. The third-order valence-electron chi connectivity index (χ3n) is 5.11. The van der Waals surface area contributed by atoms with Crippen molar-refractivity contribution in [1.29, 1.82) is 0 Å². The van der Waals surface area contributed by atoms with Crippen molar-refractivity contribution in [2.24, 2.45) is 0 Å². The lowest BCUT2D eigenvalue weighted by Crippen LogP contribution is -2.46. The first-order valence-corrected chi connectivity index (χ1v) is 11.6. The van der Waals surface area contributed by atoms with E-state index in [1.54, 1.807) is 6.92 Å². The van der Waals surface area contributed by atoms with Gasteiger partial charge in [0.15, 0.2) is 0 Å². The van der Waals surface area contributed by atoms with E-state index in [1.165, 1.54) is 16.4 Å². The number of carbonyl (C=O) groups is 2. The summed E-state index contributed by atoms with van der Waals surface area (Å²) >= 11 is 0. The molecule has 168 valence electrons. The van der Waals surface area contributed by atoms with Crippen LogP contribution in [0.25, 0.3) is 0 Å². The SMILES string of the molecule is Cc1cc(F)ccc1S(=O)(=O)N1CCCCC1CCNC(=O)C(=O)NCCN(C)C. The first-order chi connectivity index (χ1) is 14.1. The van der Waals surface area contributed by atoms with Gasteiger partial charge < -0.3 is 15.5 Å². The molecule has 30 heavy (non-hydrogen) atoms. The van der Waals surface area contributed by atoms with Crippen molar-refractivity contribution in [1.82, 2.24) is 19.8 Å². The molecule has 1 saturated heterocycles. The number of carbonyl (C=O) groups excluding carboxylic acids is 2. The van der Waals surface area contributed by atoms with Crippen LogP contribution < -0.4 is 10.6 Å². The van der Waals surface area contributed by atoms with Crippen molar-refractivity contribution < 1.29 is 22.4 Å². The smallest absolute Gasteiger partial charge is 0.309 e. The molecule has 0 aliphatic carbocycles. The summed E-state index contributed by atoms with van der Waals surface area (Å²) in [4.78, 5) is 25.7. The Hall–Kier alpha value is -2.04. The molecule has 2 amide bonds. The second-order valence-electron chi connectivity index (χ2n) is 7.78. The number of amides is 2.